The fourth-order valence-electron chi connectivity index (χ4n) is 2.71. The van der Waals surface area contributed by atoms with E-state index in [0.717, 1.165) is 25.8 Å². The minimum Gasteiger partial charge on any atom is -0.381 e. The monoisotopic (exact) mass is 226 g/mol. The van der Waals surface area contributed by atoms with Crippen molar-refractivity contribution in [2.75, 3.05) is 13.7 Å². The van der Waals surface area contributed by atoms with Gasteiger partial charge in [0.1, 0.15) is 0 Å². The SMILES string of the molecule is COC1CC(NC(=O)[C@@H]2CCCN2)C1(C)C. The fraction of sp³-hybridized carbons (Fsp3) is 0.917. The van der Waals surface area contributed by atoms with Gasteiger partial charge in [0, 0.05) is 18.6 Å². The van der Waals surface area contributed by atoms with Gasteiger partial charge in [-0.2, -0.15) is 0 Å². The third-order valence-corrected chi connectivity index (χ3v) is 4.16. The second-order valence-corrected chi connectivity index (χ2v) is 5.49. The molecule has 0 aromatic carbocycles. The molecule has 1 aliphatic heterocycles. The molecule has 92 valence electrons. The summed E-state index contributed by atoms with van der Waals surface area (Å²) >= 11 is 0. The van der Waals surface area contributed by atoms with Gasteiger partial charge >= 0.3 is 0 Å². The molecule has 1 saturated carbocycles. The van der Waals surface area contributed by atoms with Crippen LogP contribution < -0.4 is 10.6 Å². The van der Waals surface area contributed by atoms with Crippen LogP contribution in [0.1, 0.15) is 33.1 Å². The Labute approximate surface area is 97.1 Å². The number of hydrogen-bond acceptors (Lipinski definition) is 3. The highest BCUT2D eigenvalue weighted by Crippen LogP contribution is 2.42. The number of amides is 1. The maximum absolute atomic E-state index is 11.9. The highest BCUT2D eigenvalue weighted by atomic mass is 16.5. The summed E-state index contributed by atoms with van der Waals surface area (Å²) in [6.45, 7) is 5.27. The van der Waals surface area contributed by atoms with Crippen LogP contribution in [0.15, 0.2) is 0 Å². The lowest BCUT2D eigenvalue weighted by atomic mass is 9.64. The largest absolute Gasteiger partial charge is 0.381 e. The van der Waals surface area contributed by atoms with E-state index in [0.29, 0.717) is 0 Å². The van der Waals surface area contributed by atoms with E-state index in [2.05, 4.69) is 24.5 Å². The Morgan fingerprint density at radius 3 is 2.75 bits per heavy atom. The topological polar surface area (TPSA) is 50.4 Å². The minimum absolute atomic E-state index is 0.0254. The van der Waals surface area contributed by atoms with Crippen LogP contribution >= 0.6 is 0 Å². The Morgan fingerprint density at radius 1 is 1.50 bits per heavy atom. The Bertz CT molecular complexity index is 272. The lowest BCUT2D eigenvalue weighted by Gasteiger charge is -2.51. The van der Waals surface area contributed by atoms with Gasteiger partial charge in [-0.15, -0.1) is 0 Å². The van der Waals surface area contributed by atoms with Crippen LogP contribution in [-0.4, -0.2) is 37.7 Å². The standard InChI is InChI=1S/C12H22N2O2/c1-12(2)9(7-10(12)16-3)14-11(15)8-5-4-6-13-8/h8-10,13H,4-7H2,1-3H3,(H,14,15)/t8-,9?,10?/m0/s1. The average molecular weight is 226 g/mol. The molecule has 0 aromatic heterocycles. The molecule has 1 saturated heterocycles. The predicted octanol–water partition coefficient (Wildman–Crippen LogP) is 0.668. The third kappa shape index (κ3) is 1.96. The first-order valence-electron chi connectivity index (χ1n) is 6.12. The number of carbonyl (C=O) groups is 1. The first kappa shape index (κ1) is 11.9. The van der Waals surface area contributed by atoms with Gasteiger partial charge in [-0.25, -0.2) is 0 Å². The summed E-state index contributed by atoms with van der Waals surface area (Å²) in [5.74, 6) is 0.158. The quantitative estimate of drug-likeness (QED) is 0.743. The zero-order valence-corrected chi connectivity index (χ0v) is 10.4. The smallest absolute Gasteiger partial charge is 0.237 e. The average Bonchev–Trinajstić information content (AvgIpc) is 2.76. The Hall–Kier alpha value is -0.610. The molecule has 1 heterocycles. The molecule has 2 aliphatic rings. The number of methoxy groups -OCH3 is 1. The maximum Gasteiger partial charge on any atom is 0.237 e. The van der Waals surface area contributed by atoms with Crippen LogP contribution in [0.25, 0.3) is 0 Å². The zero-order valence-electron chi connectivity index (χ0n) is 10.4. The molecule has 3 atom stereocenters. The Balaban J connectivity index is 1.84. The van der Waals surface area contributed by atoms with Crippen molar-refractivity contribution in [3.05, 3.63) is 0 Å². The van der Waals surface area contributed by atoms with Gasteiger partial charge in [0.25, 0.3) is 0 Å². The van der Waals surface area contributed by atoms with Crippen LogP contribution in [-0.2, 0) is 9.53 Å². The highest BCUT2D eigenvalue weighted by molar-refractivity contribution is 5.82. The normalized spacial score (nSPS) is 36.8. The molecule has 0 aromatic rings. The molecule has 0 radical (unpaired) electrons. The van der Waals surface area contributed by atoms with Crippen molar-refractivity contribution in [2.24, 2.45) is 5.41 Å². The number of carbonyl (C=O) groups excluding carboxylic acids is 1. The van der Waals surface area contributed by atoms with E-state index < -0.39 is 0 Å². The summed E-state index contributed by atoms with van der Waals surface area (Å²) < 4.78 is 5.37. The molecular formula is C12H22N2O2. The molecule has 2 fully saturated rings. The summed E-state index contributed by atoms with van der Waals surface area (Å²) in [7, 11) is 1.74. The molecule has 2 rings (SSSR count). The highest BCUT2D eigenvalue weighted by Gasteiger charge is 2.49. The van der Waals surface area contributed by atoms with Crippen LogP contribution in [0.5, 0.6) is 0 Å². The van der Waals surface area contributed by atoms with Crippen molar-refractivity contribution in [3.63, 3.8) is 0 Å². The van der Waals surface area contributed by atoms with Crippen LogP contribution in [0.2, 0.25) is 0 Å². The number of nitrogens with one attached hydrogen (secondary N) is 2. The Morgan fingerprint density at radius 2 is 2.25 bits per heavy atom. The van der Waals surface area contributed by atoms with Gasteiger partial charge in [-0.3, -0.25) is 4.79 Å². The minimum atomic E-state index is 0.0254. The van der Waals surface area contributed by atoms with E-state index >= 15 is 0 Å². The summed E-state index contributed by atoms with van der Waals surface area (Å²) in [6.07, 6.45) is 3.27. The van der Waals surface area contributed by atoms with Crippen molar-refractivity contribution >= 4 is 5.91 Å². The number of hydrogen-bond donors (Lipinski definition) is 2. The molecule has 16 heavy (non-hydrogen) atoms. The zero-order chi connectivity index (χ0) is 11.8. The first-order chi connectivity index (χ1) is 7.55. The van der Waals surface area contributed by atoms with Gasteiger partial charge in [-0.1, -0.05) is 13.8 Å². The van der Waals surface area contributed by atoms with Gasteiger partial charge < -0.3 is 15.4 Å². The summed E-state index contributed by atoms with van der Waals surface area (Å²) in [6, 6.07) is 0.282. The summed E-state index contributed by atoms with van der Waals surface area (Å²) in [5.41, 5.74) is 0.0585. The molecule has 1 amide bonds. The molecule has 2 N–H and O–H groups in total. The molecule has 4 nitrogen and oxygen atoms in total. The maximum atomic E-state index is 11.9. The fourth-order valence-corrected chi connectivity index (χ4v) is 2.71. The Kier molecular flexibility index (Phi) is 3.22. The van der Waals surface area contributed by atoms with Crippen molar-refractivity contribution in [3.8, 4) is 0 Å². The third-order valence-electron chi connectivity index (χ3n) is 4.16. The molecule has 4 heteroatoms. The predicted molar refractivity (Wildman–Crippen MR) is 62.2 cm³/mol. The van der Waals surface area contributed by atoms with Crippen LogP contribution in [0.3, 0.4) is 0 Å². The van der Waals surface area contributed by atoms with E-state index in [9.17, 15) is 4.79 Å². The molecule has 0 bridgehead atoms. The van der Waals surface area contributed by atoms with E-state index in [1.54, 1.807) is 7.11 Å². The van der Waals surface area contributed by atoms with E-state index in [4.69, 9.17) is 4.74 Å². The molecule has 2 unspecified atom stereocenters. The lowest BCUT2D eigenvalue weighted by Crippen LogP contribution is -2.63. The van der Waals surface area contributed by atoms with Crippen molar-refractivity contribution in [2.45, 2.75) is 51.3 Å². The van der Waals surface area contributed by atoms with Gasteiger partial charge in [0.2, 0.25) is 5.91 Å². The van der Waals surface area contributed by atoms with Crippen LogP contribution in [0, 0.1) is 5.41 Å². The van der Waals surface area contributed by atoms with Crippen molar-refractivity contribution in [1.82, 2.24) is 10.6 Å². The molecule has 1 aliphatic carbocycles. The number of rotatable bonds is 3. The van der Waals surface area contributed by atoms with E-state index in [-0.39, 0.29) is 29.5 Å². The van der Waals surface area contributed by atoms with E-state index in [1.807, 2.05) is 0 Å². The first-order valence-corrected chi connectivity index (χ1v) is 6.12. The van der Waals surface area contributed by atoms with Crippen molar-refractivity contribution < 1.29 is 9.53 Å². The van der Waals surface area contributed by atoms with Gasteiger partial charge in [-0.05, 0) is 25.8 Å². The lowest BCUT2D eigenvalue weighted by molar-refractivity contribution is -0.134. The second kappa shape index (κ2) is 4.34. The van der Waals surface area contributed by atoms with Gasteiger partial charge in [0.05, 0.1) is 12.1 Å². The molecular weight excluding hydrogens is 204 g/mol. The number of ether oxygens (including phenoxy) is 1. The van der Waals surface area contributed by atoms with E-state index in [1.165, 1.54) is 0 Å². The summed E-state index contributed by atoms with van der Waals surface area (Å²) in [4.78, 5) is 11.9. The van der Waals surface area contributed by atoms with Crippen LogP contribution in [0.4, 0.5) is 0 Å². The van der Waals surface area contributed by atoms with Crippen molar-refractivity contribution in [1.29, 1.82) is 0 Å². The van der Waals surface area contributed by atoms with Gasteiger partial charge in [0.15, 0.2) is 0 Å². The summed E-state index contributed by atoms with van der Waals surface area (Å²) in [5, 5.41) is 6.35. The second-order valence-electron chi connectivity index (χ2n) is 5.49. The molecule has 0 spiro atoms.